The van der Waals surface area contributed by atoms with Crippen molar-refractivity contribution in [3.63, 3.8) is 0 Å². The highest BCUT2D eigenvalue weighted by Crippen LogP contribution is 2.52. The first-order valence-corrected chi connectivity index (χ1v) is 14.6. The van der Waals surface area contributed by atoms with Crippen molar-refractivity contribution in [2.45, 2.75) is 43.0 Å². The lowest BCUT2D eigenvalue weighted by molar-refractivity contribution is -0.274. The molecule has 2 aromatic carbocycles. The van der Waals surface area contributed by atoms with E-state index in [2.05, 4.69) is 9.84 Å². The quantitative estimate of drug-likeness (QED) is 0.343. The molecule has 0 radical (unpaired) electrons. The molecule has 2 N–H and O–H groups in total. The highest BCUT2D eigenvalue weighted by molar-refractivity contribution is 8.22. The molecule has 0 amide bonds. The molecule has 0 unspecified atom stereocenters. The number of piperazine rings is 1. The Labute approximate surface area is 235 Å². The lowest BCUT2D eigenvalue weighted by Gasteiger charge is -2.47. The summed E-state index contributed by atoms with van der Waals surface area (Å²) in [5, 5.41) is 4.82. The van der Waals surface area contributed by atoms with Crippen LogP contribution in [0.3, 0.4) is 0 Å². The van der Waals surface area contributed by atoms with Gasteiger partial charge in [0.05, 0.1) is 22.9 Å². The lowest BCUT2D eigenvalue weighted by Crippen LogP contribution is -2.47. The molecule has 1 aromatic heterocycles. The number of halogens is 4. The molecule has 1 aliphatic carbocycles. The van der Waals surface area contributed by atoms with Gasteiger partial charge in [-0.2, -0.15) is 14.1 Å². The predicted octanol–water partition coefficient (Wildman–Crippen LogP) is 5.95. The van der Waals surface area contributed by atoms with Crippen LogP contribution in [-0.2, 0) is 0 Å². The number of hydrogen-bond donors (Lipinski definition) is 2. The summed E-state index contributed by atoms with van der Waals surface area (Å²) in [6, 6.07) is 11.5. The van der Waals surface area contributed by atoms with Gasteiger partial charge in [0.1, 0.15) is 11.4 Å². The van der Waals surface area contributed by atoms with Gasteiger partial charge in [-0.3, -0.25) is 13.9 Å². The predicted molar refractivity (Wildman–Crippen MR) is 146 cm³/mol. The van der Waals surface area contributed by atoms with Crippen LogP contribution in [-0.4, -0.2) is 61.8 Å². The zero-order chi connectivity index (χ0) is 28.5. The third-order valence-corrected chi connectivity index (χ3v) is 9.06. The Morgan fingerprint density at radius 1 is 1.00 bits per heavy atom. The maximum absolute atomic E-state index is 13.6. The van der Waals surface area contributed by atoms with Crippen molar-refractivity contribution in [1.29, 1.82) is 0 Å². The molecule has 5 rings (SSSR count). The minimum Gasteiger partial charge on any atom is -0.483 e. The van der Waals surface area contributed by atoms with Crippen molar-refractivity contribution in [1.82, 2.24) is 14.1 Å². The SMILES string of the molecule is O=c1c(OC2CCCC2)c(N2CCN(S(O)(O)c3cccc(OC(F)(F)F)c3)CC2)cnn1-c1cccc(Cl)c1. The van der Waals surface area contributed by atoms with Gasteiger partial charge in [-0.15, -0.1) is 23.9 Å². The standard InChI is InChI=1S/C26H28ClF3N4O5S/c27-18-5-3-6-19(15-18)34-25(35)24(38-20-7-1-2-8-20)23(17-31-34)32-11-13-33(14-12-32)40(36,37)22-10-4-9-21(16-22)39-26(28,29)30/h3-6,9-10,15-17,20,36-37H,1-2,7-8,11-14H2. The largest absolute Gasteiger partial charge is 0.573 e. The molecule has 3 aromatic rings. The highest BCUT2D eigenvalue weighted by Gasteiger charge is 2.34. The van der Waals surface area contributed by atoms with Crippen molar-refractivity contribution >= 4 is 28.1 Å². The summed E-state index contributed by atoms with van der Waals surface area (Å²) in [5.74, 6) is -0.373. The van der Waals surface area contributed by atoms with Crippen LogP contribution in [0.1, 0.15) is 25.7 Å². The van der Waals surface area contributed by atoms with Gasteiger partial charge < -0.3 is 14.4 Å². The van der Waals surface area contributed by atoms with Crippen LogP contribution in [0.2, 0.25) is 5.02 Å². The summed E-state index contributed by atoms with van der Waals surface area (Å²) in [7, 11) is -3.60. The van der Waals surface area contributed by atoms with Crippen LogP contribution < -0.4 is 19.9 Å². The third kappa shape index (κ3) is 6.33. The molecule has 2 heterocycles. The molecule has 216 valence electrons. The van der Waals surface area contributed by atoms with E-state index >= 15 is 0 Å². The first-order valence-electron chi connectivity index (χ1n) is 12.7. The fourth-order valence-corrected chi connectivity index (χ4v) is 6.59. The zero-order valence-corrected chi connectivity index (χ0v) is 22.8. The van der Waals surface area contributed by atoms with Crippen molar-refractivity contribution in [2.75, 3.05) is 31.1 Å². The van der Waals surface area contributed by atoms with Crippen LogP contribution in [0.25, 0.3) is 5.69 Å². The molecule has 0 spiro atoms. The van der Waals surface area contributed by atoms with Gasteiger partial charge in [-0.25, -0.2) is 0 Å². The second-order valence-corrected chi connectivity index (χ2v) is 12.0. The maximum Gasteiger partial charge on any atom is 0.573 e. The van der Waals surface area contributed by atoms with Gasteiger partial charge in [0.2, 0.25) is 5.75 Å². The van der Waals surface area contributed by atoms with E-state index in [0.29, 0.717) is 16.4 Å². The summed E-state index contributed by atoms with van der Waals surface area (Å²) in [5.41, 5.74) is 0.558. The molecule has 2 fully saturated rings. The molecule has 1 saturated carbocycles. The van der Waals surface area contributed by atoms with Crippen molar-refractivity contribution in [3.8, 4) is 17.2 Å². The molecular formula is C26H28ClF3N4O5S. The van der Waals surface area contributed by atoms with Crippen LogP contribution in [0, 0.1) is 0 Å². The summed E-state index contributed by atoms with van der Waals surface area (Å²) in [6.45, 7) is 0.899. The summed E-state index contributed by atoms with van der Waals surface area (Å²) in [6.07, 6.45) is 0.257. The average molecular weight is 601 g/mol. The minimum atomic E-state index is -4.90. The number of alkyl halides is 3. The summed E-state index contributed by atoms with van der Waals surface area (Å²) >= 11 is 6.13. The van der Waals surface area contributed by atoms with Gasteiger partial charge in [0, 0.05) is 37.3 Å². The Morgan fingerprint density at radius 2 is 1.70 bits per heavy atom. The summed E-state index contributed by atoms with van der Waals surface area (Å²) < 4.78 is 72.7. The van der Waals surface area contributed by atoms with Gasteiger partial charge in [0.25, 0.3) is 0 Å². The minimum absolute atomic E-state index is 0.0845. The molecule has 0 bridgehead atoms. The van der Waals surface area contributed by atoms with Gasteiger partial charge in [-0.1, -0.05) is 23.7 Å². The average Bonchev–Trinajstić information content (AvgIpc) is 3.42. The number of ether oxygens (including phenoxy) is 2. The van der Waals surface area contributed by atoms with E-state index in [4.69, 9.17) is 16.3 Å². The van der Waals surface area contributed by atoms with Crippen LogP contribution in [0.15, 0.2) is 64.4 Å². The molecule has 14 heteroatoms. The first kappa shape index (κ1) is 28.6. The second kappa shape index (κ2) is 11.5. The Hall–Kier alpha value is -2.97. The van der Waals surface area contributed by atoms with E-state index in [0.717, 1.165) is 37.8 Å². The Kier molecular flexibility index (Phi) is 8.20. The summed E-state index contributed by atoms with van der Waals surface area (Å²) in [4.78, 5) is 15.4. The zero-order valence-electron chi connectivity index (χ0n) is 21.3. The fourth-order valence-electron chi connectivity index (χ4n) is 4.90. The number of rotatable bonds is 7. The smallest absolute Gasteiger partial charge is 0.483 e. The molecule has 40 heavy (non-hydrogen) atoms. The van der Waals surface area contributed by atoms with E-state index < -0.39 is 28.4 Å². The van der Waals surface area contributed by atoms with Crippen molar-refractivity contribution in [3.05, 3.63) is 70.1 Å². The number of aromatic nitrogens is 2. The van der Waals surface area contributed by atoms with E-state index in [9.17, 15) is 27.1 Å². The fraction of sp³-hybridized carbons (Fsp3) is 0.385. The van der Waals surface area contributed by atoms with E-state index in [1.54, 1.807) is 30.5 Å². The van der Waals surface area contributed by atoms with Crippen LogP contribution in [0.4, 0.5) is 18.9 Å². The maximum atomic E-state index is 13.6. The number of hydrogen-bond acceptors (Lipinski definition) is 8. The van der Waals surface area contributed by atoms with E-state index in [1.165, 1.54) is 21.1 Å². The Balaban J connectivity index is 1.38. The second-order valence-electron chi connectivity index (χ2n) is 9.54. The monoisotopic (exact) mass is 600 g/mol. The van der Waals surface area contributed by atoms with Gasteiger partial charge in [-0.05, 0) is 56.0 Å². The molecule has 9 nitrogen and oxygen atoms in total. The first-order chi connectivity index (χ1) is 19.0. The van der Waals surface area contributed by atoms with Gasteiger partial charge in [0.15, 0.2) is 0 Å². The Morgan fingerprint density at radius 3 is 2.38 bits per heavy atom. The number of anilines is 1. The van der Waals surface area contributed by atoms with Crippen LogP contribution >= 0.6 is 22.4 Å². The highest BCUT2D eigenvalue weighted by atomic mass is 35.5. The normalized spacial score (nSPS) is 17.7. The topological polar surface area (TPSA) is 100 Å². The number of nitrogens with zero attached hydrogens (tertiary/aromatic N) is 4. The molecule has 1 saturated heterocycles. The van der Waals surface area contributed by atoms with Crippen LogP contribution in [0.5, 0.6) is 11.5 Å². The van der Waals surface area contributed by atoms with Crippen molar-refractivity contribution < 1.29 is 31.8 Å². The molecule has 2 aliphatic rings. The molecular weight excluding hydrogens is 573 g/mol. The molecule has 1 aliphatic heterocycles. The third-order valence-electron chi connectivity index (χ3n) is 6.85. The number of benzene rings is 2. The molecule has 0 atom stereocenters. The Bertz CT molecular complexity index is 1410. The lowest BCUT2D eigenvalue weighted by atomic mass is 10.2. The van der Waals surface area contributed by atoms with Crippen molar-refractivity contribution in [2.24, 2.45) is 0 Å². The van der Waals surface area contributed by atoms with E-state index in [-0.39, 0.29) is 42.9 Å². The van der Waals surface area contributed by atoms with E-state index in [1.807, 2.05) is 4.90 Å². The van der Waals surface area contributed by atoms with Gasteiger partial charge >= 0.3 is 11.9 Å².